The first-order valence-electron chi connectivity index (χ1n) is 6.17. The molecule has 0 aliphatic carbocycles. The first kappa shape index (κ1) is 15.1. The standard InChI is InChI=1S/C15H15BrF2N2/c1-9-2-4-13(17)11(6-9)15(20-19)8-10-3-5-14(18)12(16)7-10/h2-7,15,20H,8,19H2,1H3. The van der Waals surface area contributed by atoms with Crippen molar-refractivity contribution in [2.24, 2.45) is 5.84 Å². The summed E-state index contributed by atoms with van der Waals surface area (Å²) in [5.74, 6) is 4.91. The van der Waals surface area contributed by atoms with Gasteiger partial charge in [-0.05, 0) is 53.0 Å². The SMILES string of the molecule is Cc1ccc(F)c(C(Cc2ccc(F)c(Br)c2)NN)c1. The lowest BCUT2D eigenvalue weighted by Crippen LogP contribution is -2.30. The molecule has 0 saturated carbocycles. The van der Waals surface area contributed by atoms with Gasteiger partial charge in [0.2, 0.25) is 0 Å². The molecule has 0 amide bonds. The summed E-state index contributed by atoms with van der Waals surface area (Å²) in [6, 6.07) is 9.24. The molecule has 1 unspecified atom stereocenters. The van der Waals surface area contributed by atoms with Gasteiger partial charge in [0.25, 0.3) is 0 Å². The minimum Gasteiger partial charge on any atom is -0.271 e. The smallest absolute Gasteiger partial charge is 0.137 e. The second kappa shape index (κ2) is 6.43. The van der Waals surface area contributed by atoms with Gasteiger partial charge in [-0.25, -0.2) is 8.78 Å². The lowest BCUT2D eigenvalue weighted by molar-refractivity contribution is 0.509. The third-order valence-electron chi connectivity index (χ3n) is 3.15. The van der Waals surface area contributed by atoms with Crippen LogP contribution in [0.4, 0.5) is 8.78 Å². The fourth-order valence-electron chi connectivity index (χ4n) is 2.09. The van der Waals surface area contributed by atoms with Gasteiger partial charge in [0.1, 0.15) is 11.6 Å². The Morgan fingerprint density at radius 3 is 2.50 bits per heavy atom. The Kier molecular flexibility index (Phi) is 4.86. The topological polar surface area (TPSA) is 38.0 Å². The van der Waals surface area contributed by atoms with E-state index < -0.39 is 0 Å². The molecular weight excluding hydrogens is 326 g/mol. The van der Waals surface area contributed by atoms with Crippen LogP contribution in [0.1, 0.15) is 22.7 Å². The Morgan fingerprint density at radius 2 is 1.85 bits per heavy atom. The minimum atomic E-state index is -0.368. The van der Waals surface area contributed by atoms with Crippen molar-refractivity contribution < 1.29 is 8.78 Å². The maximum Gasteiger partial charge on any atom is 0.137 e. The van der Waals surface area contributed by atoms with Crippen LogP contribution in [0.2, 0.25) is 0 Å². The van der Waals surface area contributed by atoms with Gasteiger partial charge < -0.3 is 0 Å². The fourth-order valence-corrected chi connectivity index (χ4v) is 2.52. The van der Waals surface area contributed by atoms with Crippen LogP contribution in [0.3, 0.4) is 0 Å². The summed E-state index contributed by atoms with van der Waals surface area (Å²) in [6.45, 7) is 1.89. The van der Waals surface area contributed by atoms with E-state index in [2.05, 4.69) is 21.4 Å². The molecule has 0 bridgehead atoms. The molecule has 0 aromatic heterocycles. The van der Waals surface area contributed by atoms with Crippen molar-refractivity contribution >= 4 is 15.9 Å². The molecular formula is C15H15BrF2N2. The molecule has 106 valence electrons. The molecule has 5 heteroatoms. The second-order valence-corrected chi connectivity index (χ2v) is 5.55. The molecule has 0 radical (unpaired) electrons. The Morgan fingerprint density at radius 1 is 1.15 bits per heavy atom. The molecule has 2 aromatic carbocycles. The van der Waals surface area contributed by atoms with E-state index in [0.717, 1.165) is 11.1 Å². The number of hydrogen-bond donors (Lipinski definition) is 2. The summed E-state index contributed by atoms with van der Waals surface area (Å²) >= 11 is 3.14. The number of halogens is 3. The van der Waals surface area contributed by atoms with Gasteiger partial charge in [0, 0.05) is 5.56 Å². The van der Waals surface area contributed by atoms with Crippen LogP contribution in [-0.4, -0.2) is 0 Å². The van der Waals surface area contributed by atoms with E-state index >= 15 is 0 Å². The molecule has 0 aliphatic rings. The van der Waals surface area contributed by atoms with Crippen molar-refractivity contribution in [1.29, 1.82) is 0 Å². The van der Waals surface area contributed by atoms with Crippen LogP contribution in [0.25, 0.3) is 0 Å². The second-order valence-electron chi connectivity index (χ2n) is 4.70. The highest BCUT2D eigenvalue weighted by molar-refractivity contribution is 9.10. The summed E-state index contributed by atoms with van der Waals surface area (Å²) in [5, 5.41) is 0. The molecule has 20 heavy (non-hydrogen) atoms. The lowest BCUT2D eigenvalue weighted by Gasteiger charge is -2.18. The molecule has 0 heterocycles. The number of nitrogens with two attached hydrogens (primary N) is 1. The van der Waals surface area contributed by atoms with Crippen LogP contribution in [0.5, 0.6) is 0 Å². The van der Waals surface area contributed by atoms with Gasteiger partial charge in [-0.3, -0.25) is 11.3 Å². The van der Waals surface area contributed by atoms with Crippen molar-refractivity contribution in [2.75, 3.05) is 0 Å². The quantitative estimate of drug-likeness (QED) is 0.656. The van der Waals surface area contributed by atoms with E-state index in [1.54, 1.807) is 24.3 Å². The van der Waals surface area contributed by atoms with E-state index in [4.69, 9.17) is 5.84 Å². The first-order valence-corrected chi connectivity index (χ1v) is 6.96. The van der Waals surface area contributed by atoms with Gasteiger partial charge in [-0.15, -0.1) is 0 Å². The average Bonchev–Trinajstić information content (AvgIpc) is 2.43. The largest absolute Gasteiger partial charge is 0.271 e. The van der Waals surface area contributed by atoms with Crippen LogP contribution < -0.4 is 11.3 Å². The van der Waals surface area contributed by atoms with Crippen LogP contribution >= 0.6 is 15.9 Å². The van der Waals surface area contributed by atoms with Crippen molar-refractivity contribution in [1.82, 2.24) is 5.43 Å². The Balaban J connectivity index is 2.28. The number of benzene rings is 2. The number of rotatable bonds is 4. The first-order chi connectivity index (χ1) is 9.51. The van der Waals surface area contributed by atoms with Crippen LogP contribution in [-0.2, 0) is 6.42 Å². The molecule has 2 nitrogen and oxygen atoms in total. The molecule has 2 rings (SSSR count). The number of nitrogens with one attached hydrogen (secondary N) is 1. The zero-order valence-corrected chi connectivity index (χ0v) is 12.5. The number of hydrazine groups is 1. The Bertz CT molecular complexity index is 617. The van der Waals surface area contributed by atoms with Crippen molar-refractivity contribution in [3.8, 4) is 0 Å². The molecule has 0 spiro atoms. The van der Waals surface area contributed by atoms with Crippen LogP contribution in [0.15, 0.2) is 40.9 Å². The normalized spacial score (nSPS) is 12.4. The number of aryl methyl sites for hydroxylation is 1. The molecule has 3 N–H and O–H groups in total. The molecule has 0 aliphatic heterocycles. The van der Waals surface area contributed by atoms with E-state index in [-0.39, 0.29) is 17.7 Å². The molecule has 2 aromatic rings. The van der Waals surface area contributed by atoms with Crippen molar-refractivity contribution in [3.05, 3.63) is 69.2 Å². The van der Waals surface area contributed by atoms with E-state index in [0.29, 0.717) is 16.5 Å². The lowest BCUT2D eigenvalue weighted by atomic mass is 9.97. The van der Waals surface area contributed by atoms with Gasteiger partial charge in [0.15, 0.2) is 0 Å². The van der Waals surface area contributed by atoms with Crippen molar-refractivity contribution in [3.63, 3.8) is 0 Å². The van der Waals surface area contributed by atoms with Gasteiger partial charge in [0.05, 0.1) is 10.5 Å². The van der Waals surface area contributed by atoms with E-state index in [1.807, 2.05) is 6.92 Å². The van der Waals surface area contributed by atoms with Gasteiger partial charge in [-0.2, -0.15) is 0 Å². The Hall–Kier alpha value is -1.30. The Labute approximate surface area is 125 Å². The molecule has 0 saturated heterocycles. The zero-order chi connectivity index (χ0) is 14.7. The van der Waals surface area contributed by atoms with Gasteiger partial charge >= 0.3 is 0 Å². The third kappa shape index (κ3) is 3.42. The minimum absolute atomic E-state index is 0.306. The number of hydrogen-bond acceptors (Lipinski definition) is 2. The summed E-state index contributed by atoms with van der Waals surface area (Å²) in [7, 11) is 0. The predicted octanol–water partition coefficient (Wildman–Crippen LogP) is 3.78. The highest BCUT2D eigenvalue weighted by Crippen LogP contribution is 2.24. The summed E-state index contributed by atoms with van der Waals surface area (Å²) in [5.41, 5.74) is 4.95. The predicted molar refractivity (Wildman–Crippen MR) is 79.0 cm³/mol. The molecule has 0 fully saturated rings. The van der Waals surface area contributed by atoms with Gasteiger partial charge in [-0.1, -0.05) is 23.8 Å². The summed E-state index contributed by atoms with van der Waals surface area (Å²) < 4.78 is 27.5. The average molecular weight is 341 g/mol. The van der Waals surface area contributed by atoms with E-state index in [1.165, 1.54) is 12.1 Å². The zero-order valence-electron chi connectivity index (χ0n) is 11.0. The summed E-state index contributed by atoms with van der Waals surface area (Å²) in [6.07, 6.45) is 0.468. The maximum absolute atomic E-state index is 13.9. The molecule has 1 atom stereocenters. The monoisotopic (exact) mass is 340 g/mol. The highest BCUT2D eigenvalue weighted by atomic mass is 79.9. The highest BCUT2D eigenvalue weighted by Gasteiger charge is 2.16. The summed E-state index contributed by atoms with van der Waals surface area (Å²) in [4.78, 5) is 0. The van der Waals surface area contributed by atoms with Crippen LogP contribution in [0, 0.1) is 18.6 Å². The fraction of sp³-hybridized carbons (Fsp3) is 0.200. The maximum atomic E-state index is 13.9. The van der Waals surface area contributed by atoms with Crippen molar-refractivity contribution in [2.45, 2.75) is 19.4 Å². The van der Waals surface area contributed by atoms with E-state index in [9.17, 15) is 8.78 Å². The third-order valence-corrected chi connectivity index (χ3v) is 3.76.